The summed E-state index contributed by atoms with van der Waals surface area (Å²) in [5.41, 5.74) is 7.19. The zero-order valence-electron chi connectivity index (χ0n) is 20.8. The number of rotatable bonds is 6. The predicted octanol–water partition coefficient (Wildman–Crippen LogP) is 6.50. The number of benzene rings is 1. The number of aromatic nitrogens is 4. The maximum atomic E-state index is 12.9. The predicted molar refractivity (Wildman–Crippen MR) is 136 cm³/mol. The van der Waals surface area contributed by atoms with Crippen molar-refractivity contribution in [3.8, 4) is 11.1 Å². The molecule has 1 N–H and O–H groups in total. The standard InChI is InChI=1S/C27H31ClN4O2/c1-15-17(3)32(14-19-12-29-30-13-19)26-22(15)24(20-8-10-21(28)11-9-20)23(16(2)31-26)25(18(4)33)34-27(5,6)7/h8-13,25H,14H2,1-7H3,(H,29,30)/t25-/m1/s1. The fraction of sp³-hybridized carbons (Fsp3) is 0.370. The van der Waals surface area contributed by atoms with E-state index in [1.807, 2.05) is 64.4 Å². The maximum absolute atomic E-state index is 12.9. The van der Waals surface area contributed by atoms with E-state index in [9.17, 15) is 4.79 Å². The molecule has 6 nitrogen and oxygen atoms in total. The Hall–Kier alpha value is -2.96. The lowest BCUT2D eigenvalue weighted by molar-refractivity contribution is -0.138. The minimum Gasteiger partial charge on any atom is -0.360 e. The molecule has 0 spiro atoms. The normalized spacial score (nSPS) is 12.9. The van der Waals surface area contributed by atoms with Crippen molar-refractivity contribution in [2.75, 3.05) is 0 Å². The molecule has 0 aliphatic heterocycles. The Kier molecular flexibility index (Phi) is 6.40. The van der Waals surface area contributed by atoms with Crippen LogP contribution in [0, 0.1) is 20.8 Å². The topological polar surface area (TPSA) is 72.8 Å². The van der Waals surface area contributed by atoms with Gasteiger partial charge in [0.15, 0.2) is 5.78 Å². The number of hydrogen-bond acceptors (Lipinski definition) is 4. The number of nitrogens with one attached hydrogen (secondary N) is 1. The number of nitrogens with zero attached hydrogens (tertiary/aromatic N) is 3. The van der Waals surface area contributed by atoms with Crippen molar-refractivity contribution in [3.63, 3.8) is 0 Å². The summed E-state index contributed by atoms with van der Waals surface area (Å²) in [6.45, 7) is 14.3. The number of ether oxygens (including phenoxy) is 1. The van der Waals surface area contributed by atoms with Gasteiger partial charge in [-0.3, -0.25) is 9.89 Å². The molecule has 3 aromatic heterocycles. The second-order valence-electron chi connectivity index (χ2n) is 9.82. The van der Waals surface area contributed by atoms with E-state index in [4.69, 9.17) is 21.3 Å². The number of halogens is 1. The van der Waals surface area contributed by atoms with E-state index in [1.165, 1.54) is 0 Å². The molecule has 34 heavy (non-hydrogen) atoms. The Morgan fingerprint density at radius 2 is 1.85 bits per heavy atom. The number of ketones is 1. The molecule has 0 saturated heterocycles. The molecule has 0 fully saturated rings. The first-order chi connectivity index (χ1) is 16.0. The van der Waals surface area contributed by atoms with Gasteiger partial charge in [-0.25, -0.2) is 4.98 Å². The van der Waals surface area contributed by atoms with Crippen LogP contribution in [-0.4, -0.2) is 31.1 Å². The fourth-order valence-electron chi connectivity index (χ4n) is 4.47. The molecule has 0 saturated carbocycles. The van der Waals surface area contributed by atoms with Gasteiger partial charge < -0.3 is 9.30 Å². The second kappa shape index (κ2) is 9.01. The van der Waals surface area contributed by atoms with Gasteiger partial charge in [-0.1, -0.05) is 23.7 Å². The molecule has 0 bridgehead atoms. The van der Waals surface area contributed by atoms with Crippen LogP contribution in [0.5, 0.6) is 0 Å². The van der Waals surface area contributed by atoms with Crippen LogP contribution in [0.4, 0.5) is 0 Å². The van der Waals surface area contributed by atoms with Crippen LogP contribution in [0.1, 0.15) is 61.9 Å². The number of hydrogen-bond donors (Lipinski definition) is 1. The summed E-state index contributed by atoms with van der Waals surface area (Å²) >= 11 is 6.22. The number of carbonyl (C=O) groups excluding carboxylic acids is 1. The van der Waals surface area contributed by atoms with Gasteiger partial charge >= 0.3 is 0 Å². The van der Waals surface area contributed by atoms with E-state index < -0.39 is 11.7 Å². The summed E-state index contributed by atoms with van der Waals surface area (Å²) in [6, 6.07) is 7.74. The monoisotopic (exact) mass is 478 g/mol. The van der Waals surface area contributed by atoms with Crippen molar-refractivity contribution in [1.29, 1.82) is 0 Å². The summed E-state index contributed by atoms with van der Waals surface area (Å²) < 4.78 is 8.54. The van der Waals surface area contributed by atoms with Crippen molar-refractivity contribution in [2.45, 2.75) is 66.7 Å². The molecule has 1 atom stereocenters. The van der Waals surface area contributed by atoms with Crippen LogP contribution in [0.15, 0.2) is 36.7 Å². The van der Waals surface area contributed by atoms with Gasteiger partial charge in [-0.05, 0) is 71.7 Å². The van der Waals surface area contributed by atoms with Crippen LogP contribution in [0.25, 0.3) is 22.2 Å². The number of carbonyl (C=O) groups is 1. The minimum absolute atomic E-state index is 0.0541. The maximum Gasteiger partial charge on any atom is 0.163 e. The number of Topliss-reactive ketones (excluding diaryl/α,β-unsaturated/α-hetero) is 1. The Morgan fingerprint density at radius 1 is 1.18 bits per heavy atom. The number of aryl methyl sites for hydroxylation is 2. The fourth-order valence-corrected chi connectivity index (χ4v) is 4.60. The van der Waals surface area contributed by atoms with Crippen LogP contribution in [0.2, 0.25) is 5.02 Å². The Labute approximate surface area is 205 Å². The summed E-state index contributed by atoms with van der Waals surface area (Å²) in [7, 11) is 0. The van der Waals surface area contributed by atoms with Crippen molar-refractivity contribution >= 4 is 28.4 Å². The number of H-pyrrole nitrogens is 1. The molecule has 4 rings (SSSR count). The lowest BCUT2D eigenvalue weighted by Crippen LogP contribution is -2.27. The van der Waals surface area contributed by atoms with Crippen molar-refractivity contribution in [3.05, 3.63) is 69.8 Å². The Bertz CT molecular complexity index is 1350. The van der Waals surface area contributed by atoms with Crippen LogP contribution < -0.4 is 0 Å². The third-order valence-electron chi connectivity index (χ3n) is 6.12. The summed E-state index contributed by atoms with van der Waals surface area (Å²) in [6.07, 6.45) is 2.98. The van der Waals surface area contributed by atoms with Crippen molar-refractivity contribution in [1.82, 2.24) is 19.7 Å². The molecule has 0 amide bonds. The van der Waals surface area contributed by atoms with E-state index in [-0.39, 0.29) is 5.78 Å². The second-order valence-corrected chi connectivity index (χ2v) is 10.3. The number of fused-ring (bicyclic) bond motifs is 1. The van der Waals surface area contributed by atoms with E-state index in [0.717, 1.165) is 50.2 Å². The number of aromatic amines is 1. The number of pyridine rings is 1. The first kappa shape index (κ1) is 24.2. The summed E-state index contributed by atoms with van der Waals surface area (Å²) in [4.78, 5) is 18.0. The highest BCUT2D eigenvalue weighted by molar-refractivity contribution is 6.30. The summed E-state index contributed by atoms with van der Waals surface area (Å²) in [5, 5.41) is 8.66. The highest BCUT2D eigenvalue weighted by Gasteiger charge is 2.32. The van der Waals surface area contributed by atoms with Gasteiger partial charge in [0, 0.05) is 44.7 Å². The van der Waals surface area contributed by atoms with Crippen molar-refractivity contribution in [2.24, 2.45) is 0 Å². The van der Waals surface area contributed by atoms with E-state index in [0.29, 0.717) is 11.6 Å². The van der Waals surface area contributed by atoms with Gasteiger partial charge in [-0.15, -0.1) is 0 Å². The van der Waals surface area contributed by atoms with Crippen LogP contribution >= 0.6 is 11.6 Å². The Balaban J connectivity index is 2.09. The third kappa shape index (κ3) is 4.52. The molecule has 178 valence electrons. The van der Waals surface area contributed by atoms with Crippen molar-refractivity contribution < 1.29 is 9.53 Å². The molecule has 7 heteroatoms. The first-order valence-electron chi connectivity index (χ1n) is 11.4. The van der Waals surface area contributed by atoms with Gasteiger partial charge in [0.2, 0.25) is 0 Å². The van der Waals surface area contributed by atoms with Gasteiger partial charge in [-0.2, -0.15) is 5.10 Å². The zero-order chi connectivity index (χ0) is 24.8. The molecule has 3 heterocycles. The lowest BCUT2D eigenvalue weighted by atomic mass is 9.90. The molecular weight excluding hydrogens is 448 g/mol. The average molecular weight is 479 g/mol. The van der Waals surface area contributed by atoms with Gasteiger partial charge in [0.05, 0.1) is 18.3 Å². The largest absolute Gasteiger partial charge is 0.360 e. The van der Waals surface area contributed by atoms with Gasteiger partial charge in [0.1, 0.15) is 11.8 Å². The van der Waals surface area contributed by atoms with E-state index in [2.05, 4.69) is 28.6 Å². The third-order valence-corrected chi connectivity index (χ3v) is 6.37. The van der Waals surface area contributed by atoms with Crippen LogP contribution in [0.3, 0.4) is 0 Å². The average Bonchev–Trinajstić information content (AvgIpc) is 3.34. The summed E-state index contributed by atoms with van der Waals surface area (Å²) in [5.74, 6) is -0.0541. The highest BCUT2D eigenvalue weighted by atomic mass is 35.5. The molecular formula is C27H31ClN4O2. The first-order valence-corrected chi connectivity index (χ1v) is 11.8. The molecule has 4 aromatic rings. The van der Waals surface area contributed by atoms with Gasteiger partial charge in [0.25, 0.3) is 0 Å². The SMILES string of the molecule is CC(=O)[C@@H](OC(C)(C)C)c1c(C)nc2c(c(C)c(C)n2Cc2cn[nH]c2)c1-c1ccc(Cl)cc1. The van der Waals surface area contributed by atoms with Crippen LogP contribution in [-0.2, 0) is 16.1 Å². The molecule has 0 unspecified atom stereocenters. The van der Waals surface area contributed by atoms with E-state index >= 15 is 0 Å². The highest BCUT2D eigenvalue weighted by Crippen LogP contribution is 2.42. The molecule has 0 aliphatic carbocycles. The lowest BCUT2D eigenvalue weighted by Gasteiger charge is -2.29. The molecule has 0 aliphatic rings. The van der Waals surface area contributed by atoms with E-state index in [1.54, 1.807) is 6.92 Å². The quantitative estimate of drug-likeness (QED) is 0.343. The molecule has 0 radical (unpaired) electrons. The molecule has 1 aromatic carbocycles. The minimum atomic E-state index is -0.737. The Morgan fingerprint density at radius 3 is 2.41 bits per heavy atom. The smallest absolute Gasteiger partial charge is 0.163 e. The zero-order valence-corrected chi connectivity index (χ0v) is 21.5.